The van der Waals surface area contributed by atoms with Gasteiger partial charge >= 0.3 is 0 Å². The summed E-state index contributed by atoms with van der Waals surface area (Å²) in [6.45, 7) is 2.88. The average Bonchev–Trinajstić information content (AvgIpc) is 2.87. The molecule has 0 saturated heterocycles. The summed E-state index contributed by atoms with van der Waals surface area (Å²) in [6, 6.07) is 5.45. The van der Waals surface area contributed by atoms with E-state index < -0.39 is 0 Å². The smallest absolute Gasteiger partial charge is 0.155 e. The number of hydrogen-bond acceptors (Lipinski definition) is 5. The van der Waals surface area contributed by atoms with Gasteiger partial charge in [-0.25, -0.2) is 9.97 Å². The van der Waals surface area contributed by atoms with Crippen LogP contribution >= 0.6 is 0 Å². The maximum Gasteiger partial charge on any atom is 0.155 e. The van der Waals surface area contributed by atoms with Crippen molar-refractivity contribution in [1.82, 2.24) is 14.7 Å². The molecular formula is C14H15N3O3. The van der Waals surface area contributed by atoms with E-state index in [0.29, 0.717) is 41.7 Å². The first-order valence-corrected chi connectivity index (χ1v) is 6.36. The van der Waals surface area contributed by atoms with E-state index in [2.05, 4.69) is 9.97 Å². The largest absolute Gasteiger partial charge is 0.496 e. The van der Waals surface area contributed by atoms with Gasteiger partial charge in [0.2, 0.25) is 0 Å². The number of pyridine rings is 1. The second-order valence-corrected chi connectivity index (χ2v) is 4.34. The van der Waals surface area contributed by atoms with Crippen LogP contribution in [0.1, 0.15) is 12.7 Å². The molecule has 6 nitrogen and oxygen atoms in total. The molecule has 2 aliphatic rings. The zero-order chi connectivity index (χ0) is 14.1. The Morgan fingerprint density at radius 1 is 1.30 bits per heavy atom. The van der Waals surface area contributed by atoms with E-state index in [0.717, 1.165) is 10.1 Å². The molecule has 0 aliphatic carbocycles. The topological polar surface area (TPSA) is 69.4 Å². The minimum absolute atomic E-state index is 0.354. The first-order valence-electron chi connectivity index (χ1n) is 6.36. The maximum absolute atomic E-state index is 10.0. The van der Waals surface area contributed by atoms with Crippen molar-refractivity contribution in [3.05, 3.63) is 30.2 Å². The third-order valence-electron chi connectivity index (χ3n) is 3.12. The molecule has 0 saturated carbocycles. The van der Waals surface area contributed by atoms with Crippen LogP contribution < -0.4 is 4.74 Å². The van der Waals surface area contributed by atoms with Gasteiger partial charge in [0.1, 0.15) is 23.7 Å². The number of hydrogen-bond donors (Lipinski definition) is 1. The van der Waals surface area contributed by atoms with Crippen molar-refractivity contribution >= 4 is 10.9 Å². The van der Waals surface area contributed by atoms with E-state index in [9.17, 15) is 5.21 Å². The zero-order valence-electron chi connectivity index (χ0n) is 11.3. The monoisotopic (exact) mass is 273 g/mol. The van der Waals surface area contributed by atoms with Gasteiger partial charge in [-0.1, -0.05) is 6.07 Å². The normalized spacial score (nSPS) is 11.3. The fourth-order valence-electron chi connectivity index (χ4n) is 2.24. The molecule has 2 aliphatic heterocycles. The highest BCUT2D eigenvalue weighted by molar-refractivity contribution is 5.97. The Bertz CT molecular complexity index is 723. The molecular weight excluding hydrogens is 258 g/mol. The van der Waals surface area contributed by atoms with Crippen LogP contribution in [-0.2, 0) is 11.3 Å². The molecule has 0 aromatic heterocycles. The number of ether oxygens (including phenoxy) is 2. The van der Waals surface area contributed by atoms with Crippen LogP contribution in [-0.4, -0.2) is 33.6 Å². The zero-order valence-corrected chi connectivity index (χ0v) is 11.3. The van der Waals surface area contributed by atoms with Crippen molar-refractivity contribution in [2.75, 3.05) is 13.7 Å². The molecule has 104 valence electrons. The van der Waals surface area contributed by atoms with Crippen molar-refractivity contribution in [3.63, 3.8) is 0 Å². The van der Waals surface area contributed by atoms with Crippen LogP contribution in [0.2, 0.25) is 0 Å². The Kier molecular flexibility index (Phi) is 3.15. The van der Waals surface area contributed by atoms with E-state index in [1.54, 1.807) is 19.4 Å². The summed E-state index contributed by atoms with van der Waals surface area (Å²) in [5, 5.41) is 10.8. The standard InChI is InChI=1S/C14H15N3O3/c1-3-20-8-12-15-9-7-17(18)10-5-4-6-11(19-2)13(10)14(9)16-12/h4-7,18H,3,8H2,1-2H3. The molecule has 6 heteroatoms. The Labute approximate surface area is 115 Å². The lowest BCUT2D eigenvalue weighted by Crippen LogP contribution is -1.99. The third-order valence-corrected chi connectivity index (χ3v) is 3.12. The molecule has 1 N–H and O–H groups in total. The predicted octanol–water partition coefficient (Wildman–Crippen LogP) is 2.32. The summed E-state index contributed by atoms with van der Waals surface area (Å²) in [7, 11) is 1.59. The summed E-state index contributed by atoms with van der Waals surface area (Å²) in [5.41, 5.74) is 1.94. The second kappa shape index (κ2) is 4.97. The van der Waals surface area contributed by atoms with Crippen molar-refractivity contribution in [2.24, 2.45) is 0 Å². The second-order valence-electron chi connectivity index (χ2n) is 4.34. The molecule has 0 radical (unpaired) electrons. The highest BCUT2D eigenvalue weighted by atomic mass is 16.5. The summed E-state index contributed by atoms with van der Waals surface area (Å²) in [4.78, 5) is 8.85. The van der Waals surface area contributed by atoms with Gasteiger partial charge in [-0.15, -0.1) is 0 Å². The summed E-state index contributed by atoms with van der Waals surface area (Å²) in [6.07, 6.45) is 1.54. The number of methoxy groups -OCH3 is 1. The number of aromatic nitrogens is 3. The van der Waals surface area contributed by atoms with Crippen LogP contribution in [0.4, 0.5) is 0 Å². The van der Waals surface area contributed by atoms with Gasteiger partial charge in [-0.3, -0.25) is 0 Å². The lowest BCUT2D eigenvalue weighted by atomic mass is 10.1. The average molecular weight is 273 g/mol. The quantitative estimate of drug-likeness (QED) is 0.739. The van der Waals surface area contributed by atoms with E-state index in [4.69, 9.17) is 9.47 Å². The maximum atomic E-state index is 10.0. The first-order chi connectivity index (χ1) is 9.74. The van der Waals surface area contributed by atoms with Gasteiger partial charge in [0.25, 0.3) is 0 Å². The molecule has 0 amide bonds. The molecule has 1 aromatic rings. The van der Waals surface area contributed by atoms with E-state index in [1.807, 2.05) is 19.1 Å². The molecule has 0 spiro atoms. The molecule has 2 heterocycles. The molecule has 0 atom stereocenters. The van der Waals surface area contributed by atoms with Crippen molar-refractivity contribution in [2.45, 2.75) is 13.5 Å². The SMILES string of the molecule is CCOCc1nc2cn(O)c3cccc(OC)c3c-2n1. The van der Waals surface area contributed by atoms with Gasteiger partial charge in [-0.05, 0) is 19.1 Å². The first kappa shape index (κ1) is 12.7. The fourth-order valence-corrected chi connectivity index (χ4v) is 2.24. The van der Waals surface area contributed by atoms with Crippen LogP contribution in [0.5, 0.6) is 5.75 Å². The predicted molar refractivity (Wildman–Crippen MR) is 73.2 cm³/mol. The minimum Gasteiger partial charge on any atom is -0.496 e. The number of imidazole rings is 1. The third kappa shape index (κ3) is 1.94. The molecule has 0 unspecified atom stereocenters. The van der Waals surface area contributed by atoms with Crippen LogP contribution in [0.25, 0.3) is 22.3 Å². The minimum atomic E-state index is 0.354. The Hall–Kier alpha value is -2.34. The number of rotatable bonds is 4. The van der Waals surface area contributed by atoms with E-state index in [1.165, 1.54) is 0 Å². The number of nitrogens with zero attached hydrogens (tertiary/aromatic N) is 3. The lowest BCUT2D eigenvalue weighted by molar-refractivity contribution is 0.129. The summed E-state index contributed by atoms with van der Waals surface area (Å²) in [5.74, 6) is 1.25. The van der Waals surface area contributed by atoms with Gasteiger partial charge in [0.15, 0.2) is 5.82 Å². The molecule has 0 fully saturated rings. The van der Waals surface area contributed by atoms with Crippen LogP contribution in [0.3, 0.4) is 0 Å². The van der Waals surface area contributed by atoms with Crippen molar-refractivity contribution in [1.29, 1.82) is 0 Å². The number of fused-ring (bicyclic) bond motifs is 3. The van der Waals surface area contributed by atoms with Gasteiger partial charge in [0, 0.05) is 6.61 Å². The van der Waals surface area contributed by atoms with Gasteiger partial charge in [-0.2, -0.15) is 4.73 Å². The molecule has 20 heavy (non-hydrogen) atoms. The van der Waals surface area contributed by atoms with Crippen molar-refractivity contribution in [3.8, 4) is 17.1 Å². The Morgan fingerprint density at radius 2 is 2.15 bits per heavy atom. The molecule has 0 bridgehead atoms. The highest BCUT2D eigenvalue weighted by Gasteiger charge is 2.19. The molecule has 1 aromatic carbocycles. The fraction of sp³-hybridized carbons (Fsp3) is 0.286. The van der Waals surface area contributed by atoms with Gasteiger partial charge in [0.05, 0.1) is 24.2 Å². The van der Waals surface area contributed by atoms with Gasteiger partial charge < -0.3 is 14.7 Å². The lowest BCUT2D eigenvalue weighted by Gasteiger charge is -2.10. The Balaban J connectivity index is 2.26. The van der Waals surface area contributed by atoms with E-state index >= 15 is 0 Å². The molecule has 3 rings (SSSR count). The Morgan fingerprint density at radius 3 is 2.90 bits per heavy atom. The highest BCUT2D eigenvalue weighted by Crippen LogP contribution is 2.34. The van der Waals surface area contributed by atoms with E-state index in [-0.39, 0.29) is 0 Å². The van der Waals surface area contributed by atoms with Crippen LogP contribution in [0.15, 0.2) is 24.4 Å². The summed E-state index contributed by atoms with van der Waals surface area (Å²) >= 11 is 0. The van der Waals surface area contributed by atoms with Crippen molar-refractivity contribution < 1.29 is 14.7 Å². The van der Waals surface area contributed by atoms with Crippen LogP contribution in [0, 0.1) is 0 Å². The number of benzene rings is 1. The summed E-state index contributed by atoms with van der Waals surface area (Å²) < 4.78 is 11.7.